The third-order valence-corrected chi connectivity index (χ3v) is 5.03. The zero-order valence-electron chi connectivity index (χ0n) is 12.1. The van der Waals surface area contributed by atoms with Crippen LogP contribution >= 0.6 is 11.3 Å². The Balaban J connectivity index is 2.16. The number of thiazole rings is 1. The van der Waals surface area contributed by atoms with Crippen molar-refractivity contribution < 1.29 is 0 Å². The lowest BCUT2D eigenvalue weighted by Gasteiger charge is -2.21. The minimum absolute atomic E-state index is 0.509. The van der Waals surface area contributed by atoms with Gasteiger partial charge in [0.1, 0.15) is 0 Å². The maximum absolute atomic E-state index is 4.96. The van der Waals surface area contributed by atoms with Crippen LogP contribution in [0.2, 0.25) is 0 Å². The van der Waals surface area contributed by atoms with Crippen LogP contribution in [-0.4, -0.2) is 11.5 Å². The van der Waals surface area contributed by atoms with E-state index in [0.717, 1.165) is 12.5 Å². The molecule has 0 bridgehead atoms. The van der Waals surface area contributed by atoms with Crippen molar-refractivity contribution in [2.45, 2.75) is 65.3 Å². The Bertz CT molecular complexity index is 384. The van der Waals surface area contributed by atoms with Gasteiger partial charge in [-0.25, -0.2) is 4.98 Å². The van der Waals surface area contributed by atoms with Crippen LogP contribution in [0, 0.1) is 5.92 Å². The first-order valence-corrected chi connectivity index (χ1v) is 8.16. The summed E-state index contributed by atoms with van der Waals surface area (Å²) in [6, 6.07) is 0.509. The number of nitrogens with zero attached hydrogens (tertiary/aromatic N) is 1. The smallest absolute Gasteiger partial charge is 0.0960 e. The largest absolute Gasteiger partial charge is 0.309 e. The van der Waals surface area contributed by atoms with Crippen LogP contribution < -0.4 is 5.32 Å². The van der Waals surface area contributed by atoms with Crippen molar-refractivity contribution >= 4 is 11.3 Å². The van der Waals surface area contributed by atoms with Crippen LogP contribution in [0.15, 0.2) is 0 Å². The van der Waals surface area contributed by atoms with Gasteiger partial charge in [-0.15, -0.1) is 11.3 Å². The lowest BCUT2D eigenvalue weighted by atomic mass is 9.97. The van der Waals surface area contributed by atoms with Crippen molar-refractivity contribution in [1.82, 2.24) is 10.3 Å². The quantitative estimate of drug-likeness (QED) is 0.860. The summed E-state index contributed by atoms with van der Waals surface area (Å²) in [6.45, 7) is 10.1. The molecule has 0 spiro atoms. The first-order chi connectivity index (χ1) is 8.61. The highest BCUT2D eigenvalue weighted by atomic mass is 32.1. The number of rotatable bonds is 5. The number of hydrogen-bond donors (Lipinski definition) is 1. The zero-order chi connectivity index (χ0) is 13.1. The molecule has 0 aromatic carbocycles. The molecule has 0 radical (unpaired) electrons. The van der Waals surface area contributed by atoms with E-state index < -0.39 is 0 Å². The van der Waals surface area contributed by atoms with Crippen molar-refractivity contribution in [2.75, 3.05) is 6.54 Å². The van der Waals surface area contributed by atoms with Gasteiger partial charge in [-0.1, -0.05) is 27.7 Å². The van der Waals surface area contributed by atoms with Crippen molar-refractivity contribution in [3.05, 3.63) is 15.6 Å². The molecule has 3 heteroatoms. The summed E-state index contributed by atoms with van der Waals surface area (Å²) in [5, 5.41) is 4.94. The van der Waals surface area contributed by atoms with E-state index in [1.54, 1.807) is 0 Å². The molecule has 0 aliphatic heterocycles. The van der Waals surface area contributed by atoms with Crippen molar-refractivity contribution in [2.24, 2.45) is 5.92 Å². The second-order valence-electron chi connectivity index (χ2n) is 5.89. The Kier molecular flexibility index (Phi) is 4.79. The molecule has 18 heavy (non-hydrogen) atoms. The average Bonchev–Trinajstić information content (AvgIpc) is 2.73. The Labute approximate surface area is 115 Å². The van der Waals surface area contributed by atoms with Crippen LogP contribution in [0.25, 0.3) is 0 Å². The number of aromatic nitrogens is 1. The van der Waals surface area contributed by atoms with Gasteiger partial charge in [0.25, 0.3) is 0 Å². The van der Waals surface area contributed by atoms with E-state index in [2.05, 4.69) is 33.0 Å². The van der Waals surface area contributed by atoms with Crippen LogP contribution in [-0.2, 0) is 6.42 Å². The topological polar surface area (TPSA) is 24.9 Å². The fourth-order valence-corrected chi connectivity index (χ4v) is 4.13. The molecular weight excluding hydrogens is 240 g/mol. The molecule has 102 valence electrons. The zero-order valence-corrected chi connectivity index (χ0v) is 12.9. The first kappa shape index (κ1) is 14.0. The van der Waals surface area contributed by atoms with Gasteiger partial charge in [0.15, 0.2) is 0 Å². The highest BCUT2D eigenvalue weighted by molar-refractivity contribution is 7.11. The molecule has 1 aromatic rings. The van der Waals surface area contributed by atoms with Gasteiger partial charge < -0.3 is 5.32 Å². The monoisotopic (exact) mass is 266 g/mol. The Morgan fingerprint density at radius 2 is 2.17 bits per heavy atom. The minimum atomic E-state index is 0.509. The van der Waals surface area contributed by atoms with Gasteiger partial charge in [0, 0.05) is 10.8 Å². The molecule has 1 N–H and O–H groups in total. The molecule has 1 aromatic heterocycles. The fraction of sp³-hybridized carbons (Fsp3) is 0.800. The third-order valence-electron chi connectivity index (χ3n) is 3.67. The minimum Gasteiger partial charge on any atom is -0.309 e. The summed E-state index contributed by atoms with van der Waals surface area (Å²) >= 11 is 1.96. The maximum Gasteiger partial charge on any atom is 0.0960 e. The standard InChI is InChI=1S/C15H26N2S/c1-5-16-12-7-6-8-13-14(12)17-15(18-13)11(4)9-10(2)3/h10-12,16H,5-9H2,1-4H3. The number of aryl methyl sites for hydroxylation is 1. The molecule has 2 rings (SSSR count). The average molecular weight is 266 g/mol. The lowest BCUT2D eigenvalue weighted by molar-refractivity contribution is 0.462. The number of hydrogen-bond acceptors (Lipinski definition) is 3. The highest BCUT2D eigenvalue weighted by Crippen LogP contribution is 2.36. The molecule has 2 unspecified atom stereocenters. The molecule has 1 aliphatic carbocycles. The Morgan fingerprint density at radius 3 is 2.83 bits per heavy atom. The van der Waals surface area contributed by atoms with Gasteiger partial charge in [0.2, 0.25) is 0 Å². The summed E-state index contributed by atoms with van der Waals surface area (Å²) < 4.78 is 0. The van der Waals surface area contributed by atoms with Gasteiger partial charge >= 0.3 is 0 Å². The van der Waals surface area contributed by atoms with Gasteiger partial charge in [-0.05, 0) is 38.1 Å². The molecule has 0 saturated heterocycles. The van der Waals surface area contributed by atoms with Crippen LogP contribution in [0.1, 0.15) is 74.5 Å². The third kappa shape index (κ3) is 3.12. The van der Waals surface area contributed by atoms with E-state index in [4.69, 9.17) is 4.98 Å². The fourth-order valence-electron chi connectivity index (χ4n) is 2.90. The summed E-state index contributed by atoms with van der Waals surface area (Å²) in [4.78, 5) is 6.50. The SMILES string of the molecule is CCNC1CCCc2sc(C(C)CC(C)C)nc21. The number of fused-ring (bicyclic) bond motifs is 1. The van der Waals surface area contributed by atoms with E-state index in [9.17, 15) is 0 Å². The maximum atomic E-state index is 4.96. The van der Waals surface area contributed by atoms with Gasteiger partial charge in [-0.2, -0.15) is 0 Å². The molecule has 2 atom stereocenters. The van der Waals surface area contributed by atoms with E-state index in [-0.39, 0.29) is 0 Å². The van der Waals surface area contributed by atoms with Gasteiger partial charge in [0.05, 0.1) is 16.7 Å². The molecule has 0 amide bonds. The summed E-state index contributed by atoms with van der Waals surface area (Å²) in [5.74, 6) is 1.37. The van der Waals surface area contributed by atoms with Crippen LogP contribution in [0.3, 0.4) is 0 Å². The molecule has 1 heterocycles. The van der Waals surface area contributed by atoms with E-state index in [1.807, 2.05) is 11.3 Å². The van der Waals surface area contributed by atoms with E-state index in [1.165, 1.54) is 41.3 Å². The highest BCUT2D eigenvalue weighted by Gasteiger charge is 2.25. The Hall–Kier alpha value is -0.410. The normalized spacial score (nSPS) is 21.1. The first-order valence-electron chi connectivity index (χ1n) is 7.34. The predicted octanol–water partition coefficient (Wildman–Crippen LogP) is 4.28. The second kappa shape index (κ2) is 6.16. The van der Waals surface area contributed by atoms with Crippen LogP contribution in [0.4, 0.5) is 0 Å². The van der Waals surface area contributed by atoms with Gasteiger partial charge in [-0.3, -0.25) is 0 Å². The van der Waals surface area contributed by atoms with E-state index >= 15 is 0 Å². The summed E-state index contributed by atoms with van der Waals surface area (Å²) in [6.07, 6.45) is 5.05. The molecular formula is C15H26N2S. The summed E-state index contributed by atoms with van der Waals surface area (Å²) in [7, 11) is 0. The predicted molar refractivity (Wildman–Crippen MR) is 79.3 cm³/mol. The summed E-state index contributed by atoms with van der Waals surface area (Å²) in [5.41, 5.74) is 1.36. The molecule has 2 nitrogen and oxygen atoms in total. The number of nitrogens with one attached hydrogen (secondary N) is 1. The molecule has 1 aliphatic rings. The molecule has 0 saturated carbocycles. The van der Waals surface area contributed by atoms with Crippen molar-refractivity contribution in [3.63, 3.8) is 0 Å². The van der Waals surface area contributed by atoms with Crippen LogP contribution in [0.5, 0.6) is 0 Å². The second-order valence-corrected chi connectivity index (χ2v) is 7.01. The Morgan fingerprint density at radius 1 is 1.39 bits per heavy atom. The van der Waals surface area contributed by atoms with Crippen molar-refractivity contribution in [3.8, 4) is 0 Å². The molecule has 0 fully saturated rings. The van der Waals surface area contributed by atoms with E-state index in [0.29, 0.717) is 12.0 Å². The van der Waals surface area contributed by atoms with Crippen molar-refractivity contribution in [1.29, 1.82) is 0 Å². The lowest BCUT2D eigenvalue weighted by Crippen LogP contribution is -2.24.